The third-order valence-corrected chi connectivity index (χ3v) is 9.06. The van der Waals surface area contributed by atoms with Crippen molar-refractivity contribution in [2.24, 2.45) is 0 Å². The van der Waals surface area contributed by atoms with Crippen molar-refractivity contribution in [1.29, 1.82) is 0 Å². The zero-order valence-electron chi connectivity index (χ0n) is 21.3. The average Bonchev–Trinajstić information content (AvgIpc) is 3.67. The first-order valence-electron chi connectivity index (χ1n) is 14.0. The number of hydrogen-bond acceptors (Lipinski definition) is 2. The van der Waals surface area contributed by atoms with Crippen molar-refractivity contribution in [1.82, 2.24) is 19.9 Å². The van der Waals surface area contributed by atoms with Crippen LogP contribution in [0.3, 0.4) is 0 Å². The minimum Gasteiger partial charge on any atom is -0.462 e. The van der Waals surface area contributed by atoms with Crippen molar-refractivity contribution in [2.75, 3.05) is 6.54 Å². The minimum atomic E-state index is -1.03. The van der Waals surface area contributed by atoms with Crippen LogP contribution in [0.15, 0.2) is 30.5 Å². The van der Waals surface area contributed by atoms with E-state index in [0.717, 1.165) is 60.2 Å². The lowest BCUT2D eigenvalue weighted by molar-refractivity contribution is 0.0951. The Bertz CT molecular complexity index is 1360. The third kappa shape index (κ3) is 3.66. The lowest BCUT2D eigenvalue weighted by Crippen LogP contribution is -2.59. The number of carbonyl (C=O) groups excluding carboxylic acids is 1. The number of amides is 2. The van der Waals surface area contributed by atoms with Crippen molar-refractivity contribution >= 4 is 23.8 Å². The second kappa shape index (κ2) is 8.62. The topological polar surface area (TPSA) is 83.4 Å². The molecule has 3 N–H and O–H groups in total. The largest absolute Gasteiger partial charge is 0.462 e. The molecule has 0 saturated heterocycles. The molecule has 3 heterocycles. The summed E-state index contributed by atoms with van der Waals surface area (Å²) < 4.78 is 2.41. The number of nitrogens with zero attached hydrogens (tertiary/aromatic N) is 2. The molecule has 1 aromatic heterocycles. The van der Waals surface area contributed by atoms with E-state index in [-0.39, 0.29) is 16.5 Å². The highest BCUT2D eigenvalue weighted by Crippen LogP contribution is 2.50. The molecule has 0 spiro atoms. The molecule has 2 fully saturated rings. The number of benzene rings is 1. The Kier molecular flexibility index (Phi) is 5.32. The summed E-state index contributed by atoms with van der Waals surface area (Å²) in [6, 6.07) is 4.75. The first kappa shape index (κ1) is 22.8. The van der Waals surface area contributed by atoms with E-state index in [0.29, 0.717) is 19.0 Å². The number of hydrogen-bond donors (Lipinski definition) is 3. The molecular formula is C30H35N4O3+. The summed E-state index contributed by atoms with van der Waals surface area (Å²) in [5.41, 5.74) is 11.5. The lowest BCUT2D eigenvalue weighted by Gasteiger charge is -2.37. The molecule has 2 amide bonds. The van der Waals surface area contributed by atoms with Crippen molar-refractivity contribution in [3.63, 3.8) is 0 Å². The molecule has 0 unspecified atom stereocenters. The maximum absolute atomic E-state index is 13.8. The number of rotatable bonds is 4. The Morgan fingerprint density at radius 2 is 1.89 bits per heavy atom. The fourth-order valence-corrected chi connectivity index (χ4v) is 7.30. The standard InChI is InChI=1S/C30H34N4O3/c35-29(31-20-12-13-20)26-23-9-4-5-11-25(23)33-16-18-34(32-30(36)37)17-6-10-22-21(19-7-2-1-3-8-19)14-15-24(27(26)33)28(22)34/h4,6,9,14-15,17,19-20,32H,1-3,5,7-8,10-13,16,18H2,(H-,31,35,36,37)/p+1/t34-/m0/s1. The maximum atomic E-state index is 13.8. The van der Waals surface area contributed by atoms with E-state index in [2.05, 4.69) is 45.7 Å². The molecule has 7 heteroatoms. The quantitative estimate of drug-likeness (QED) is 0.477. The van der Waals surface area contributed by atoms with E-state index in [4.69, 9.17) is 0 Å². The molecule has 37 heavy (non-hydrogen) atoms. The summed E-state index contributed by atoms with van der Waals surface area (Å²) in [7, 11) is 0. The number of aromatic nitrogens is 1. The van der Waals surface area contributed by atoms with Crippen LogP contribution >= 0.6 is 0 Å². The number of nitrogens with one attached hydrogen (secondary N) is 2. The van der Waals surface area contributed by atoms with Crippen LogP contribution in [0.4, 0.5) is 10.5 Å². The van der Waals surface area contributed by atoms with Gasteiger partial charge in [0.15, 0.2) is 5.69 Å². The second-order valence-corrected chi connectivity index (χ2v) is 11.4. The van der Waals surface area contributed by atoms with Crippen LogP contribution in [0.2, 0.25) is 0 Å². The third-order valence-electron chi connectivity index (χ3n) is 9.06. The summed E-state index contributed by atoms with van der Waals surface area (Å²) in [4.78, 5) is 25.9. The summed E-state index contributed by atoms with van der Waals surface area (Å²) in [5.74, 6) is 0.512. The van der Waals surface area contributed by atoms with Crippen molar-refractivity contribution in [2.45, 2.75) is 82.7 Å². The van der Waals surface area contributed by atoms with Gasteiger partial charge in [0, 0.05) is 29.3 Å². The van der Waals surface area contributed by atoms with Crippen LogP contribution in [0.1, 0.15) is 90.0 Å². The first-order valence-corrected chi connectivity index (χ1v) is 14.0. The molecule has 5 aliphatic rings. The Morgan fingerprint density at radius 1 is 1.05 bits per heavy atom. The summed E-state index contributed by atoms with van der Waals surface area (Å²) in [6.07, 6.45) is 18.3. The van der Waals surface area contributed by atoms with Gasteiger partial charge in [0.05, 0.1) is 23.4 Å². The van der Waals surface area contributed by atoms with Crippen molar-refractivity contribution in [3.05, 3.63) is 58.4 Å². The van der Waals surface area contributed by atoms with Crippen LogP contribution in [0, 0.1) is 0 Å². The molecule has 0 bridgehead atoms. The Balaban J connectivity index is 1.49. The predicted octanol–water partition coefficient (Wildman–Crippen LogP) is 5.63. The molecule has 192 valence electrons. The minimum absolute atomic E-state index is 0.00158. The predicted molar refractivity (Wildman–Crippen MR) is 144 cm³/mol. The number of quaternary nitrogens is 1. The van der Waals surface area contributed by atoms with Gasteiger partial charge >= 0.3 is 6.09 Å². The van der Waals surface area contributed by atoms with Gasteiger partial charge in [-0.1, -0.05) is 37.5 Å². The molecule has 7 nitrogen and oxygen atoms in total. The molecule has 3 aliphatic carbocycles. The van der Waals surface area contributed by atoms with Crippen LogP contribution in [0.5, 0.6) is 0 Å². The van der Waals surface area contributed by atoms with Gasteiger partial charge in [-0.2, -0.15) is 10.0 Å². The molecule has 1 aromatic carbocycles. The van der Waals surface area contributed by atoms with E-state index in [9.17, 15) is 14.7 Å². The van der Waals surface area contributed by atoms with Gasteiger partial charge in [-0.3, -0.25) is 4.79 Å². The number of fused-ring (bicyclic) bond motifs is 4. The van der Waals surface area contributed by atoms with Gasteiger partial charge in [0.25, 0.3) is 5.91 Å². The van der Waals surface area contributed by atoms with Gasteiger partial charge in [-0.25, -0.2) is 4.79 Å². The summed E-state index contributed by atoms with van der Waals surface area (Å²) in [5, 5.41) is 13.2. The maximum Gasteiger partial charge on any atom is 0.450 e. The highest BCUT2D eigenvalue weighted by Gasteiger charge is 2.45. The average molecular weight is 500 g/mol. The summed E-state index contributed by atoms with van der Waals surface area (Å²) >= 11 is 0. The molecule has 2 aromatic rings. The van der Waals surface area contributed by atoms with Gasteiger partial charge in [0.1, 0.15) is 12.7 Å². The fourth-order valence-electron chi connectivity index (χ4n) is 7.30. The van der Waals surface area contributed by atoms with E-state index >= 15 is 0 Å². The van der Waals surface area contributed by atoms with E-state index in [1.54, 1.807) is 0 Å². The molecule has 2 saturated carbocycles. The van der Waals surface area contributed by atoms with E-state index in [1.165, 1.54) is 48.9 Å². The number of carbonyl (C=O) groups is 2. The van der Waals surface area contributed by atoms with Gasteiger partial charge in [-0.05, 0) is 62.1 Å². The first-order chi connectivity index (χ1) is 18.1. The van der Waals surface area contributed by atoms with E-state index < -0.39 is 6.09 Å². The van der Waals surface area contributed by atoms with Gasteiger partial charge in [-0.15, -0.1) is 0 Å². The molecular weight excluding hydrogens is 464 g/mol. The molecule has 0 radical (unpaired) electrons. The highest BCUT2D eigenvalue weighted by molar-refractivity contribution is 6.06. The molecule has 2 aliphatic heterocycles. The molecule has 7 rings (SSSR count). The Labute approximate surface area is 217 Å². The smallest absolute Gasteiger partial charge is 0.450 e. The highest BCUT2D eigenvalue weighted by atomic mass is 16.4. The zero-order chi connectivity index (χ0) is 25.1. The Morgan fingerprint density at radius 3 is 2.68 bits per heavy atom. The van der Waals surface area contributed by atoms with Gasteiger partial charge in [0.2, 0.25) is 0 Å². The van der Waals surface area contributed by atoms with Crippen molar-refractivity contribution < 1.29 is 14.7 Å². The van der Waals surface area contributed by atoms with Crippen LogP contribution in [-0.4, -0.2) is 34.3 Å². The summed E-state index contributed by atoms with van der Waals surface area (Å²) in [6.45, 7) is 1.21. The van der Waals surface area contributed by atoms with Crippen LogP contribution < -0.4 is 15.3 Å². The SMILES string of the molecule is O=C(O)N[N@+]12C=CCc3c(C4CCCCC4)ccc(c31)-c1c(C(=O)NC3CC3)c3c(n1CC2)CCC=C3. The van der Waals surface area contributed by atoms with Crippen LogP contribution in [0.25, 0.3) is 17.3 Å². The molecule has 1 atom stereocenters. The monoisotopic (exact) mass is 499 g/mol. The number of carboxylic acid groups (broad SMARTS) is 1. The van der Waals surface area contributed by atoms with Gasteiger partial charge < -0.3 is 15.0 Å². The lowest BCUT2D eigenvalue weighted by atomic mass is 9.79. The fraction of sp³-hybridized carbons (Fsp3) is 0.467. The Hall–Kier alpha value is -3.32. The normalized spacial score (nSPS) is 24.0. The van der Waals surface area contributed by atoms with E-state index in [1.807, 2.05) is 6.20 Å². The van der Waals surface area contributed by atoms with Crippen molar-refractivity contribution in [3.8, 4) is 11.3 Å². The number of allylic oxidation sites excluding steroid dienone is 2. The second-order valence-electron chi connectivity index (χ2n) is 11.4. The van der Waals surface area contributed by atoms with Crippen LogP contribution in [-0.2, 0) is 19.4 Å². The zero-order valence-corrected chi connectivity index (χ0v) is 21.3.